The van der Waals surface area contributed by atoms with Crippen LogP contribution in [0.1, 0.15) is 36.0 Å². The molecule has 6 rings (SSSR count). The molecule has 0 aromatic heterocycles. The molecule has 2 unspecified atom stereocenters. The third kappa shape index (κ3) is 6.07. The van der Waals surface area contributed by atoms with Crippen LogP contribution in [0.4, 0.5) is 11.4 Å². The van der Waals surface area contributed by atoms with E-state index < -0.39 is 40.3 Å². The lowest BCUT2D eigenvalue weighted by Crippen LogP contribution is -2.55. The van der Waals surface area contributed by atoms with Crippen LogP contribution < -0.4 is 14.9 Å². The first kappa shape index (κ1) is 31.6. The van der Waals surface area contributed by atoms with Crippen molar-refractivity contribution in [3.05, 3.63) is 101 Å². The number of anilines is 2. The Morgan fingerprint density at radius 3 is 2.35 bits per heavy atom. The molecule has 1 fully saturated rings. The van der Waals surface area contributed by atoms with E-state index in [4.69, 9.17) is 11.6 Å². The van der Waals surface area contributed by atoms with E-state index in [1.54, 1.807) is 55.1 Å². The van der Waals surface area contributed by atoms with Crippen LogP contribution in [-0.4, -0.2) is 56.2 Å². The maximum Gasteiger partial charge on any atom is 0.265 e. The second-order valence-corrected chi connectivity index (χ2v) is 14.1. The zero-order valence-electron chi connectivity index (χ0n) is 25.6. The monoisotopic (exact) mass is 658 g/mol. The van der Waals surface area contributed by atoms with E-state index in [0.717, 1.165) is 33.5 Å². The fourth-order valence-corrected chi connectivity index (χ4v) is 8.99. The van der Waals surface area contributed by atoms with Gasteiger partial charge in [-0.05, 0) is 78.4 Å². The summed E-state index contributed by atoms with van der Waals surface area (Å²) in [5.74, 6) is -1.45. The highest BCUT2D eigenvalue weighted by Crippen LogP contribution is 2.39. The van der Waals surface area contributed by atoms with E-state index in [-0.39, 0.29) is 22.9 Å². The lowest BCUT2D eigenvalue weighted by atomic mass is 9.97. The van der Waals surface area contributed by atoms with E-state index in [1.165, 1.54) is 0 Å². The number of sulfonamides is 1. The number of carbonyl (C=O) groups is 3. The Hall–Kier alpha value is -4.41. The SMILES string of the molecule is Cc1cc(Cl)cc(C)c1S(=O)(=O)N1c2ccccc2NC(=O)C1CC(=O)NC(Cc1cccc2ccccc12)C(=O)N1CCCC1. The molecule has 11 heteroatoms. The smallest absolute Gasteiger partial charge is 0.265 e. The maximum absolute atomic E-state index is 14.4. The second kappa shape index (κ2) is 12.8. The third-order valence-corrected chi connectivity index (χ3v) is 11.0. The molecule has 46 heavy (non-hydrogen) atoms. The molecule has 2 heterocycles. The number of halogens is 1. The number of fused-ring (bicyclic) bond motifs is 2. The van der Waals surface area contributed by atoms with E-state index in [0.29, 0.717) is 34.9 Å². The number of hydrogen-bond donors (Lipinski definition) is 2. The van der Waals surface area contributed by atoms with Gasteiger partial charge in [-0.15, -0.1) is 0 Å². The minimum absolute atomic E-state index is 0.0184. The topological polar surface area (TPSA) is 116 Å². The number of benzene rings is 4. The Labute approximate surface area is 273 Å². The quantitative estimate of drug-likeness (QED) is 0.264. The fourth-order valence-electron chi connectivity index (χ4n) is 6.61. The molecule has 0 saturated carbocycles. The summed E-state index contributed by atoms with van der Waals surface area (Å²) in [5, 5.41) is 8.05. The summed E-state index contributed by atoms with van der Waals surface area (Å²) in [6.45, 7) is 4.50. The summed E-state index contributed by atoms with van der Waals surface area (Å²) in [4.78, 5) is 43.0. The number of likely N-dealkylation sites (tertiary alicyclic amines) is 1. The highest BCUT2D eigenvalue weighted by atomic mass is 35.5. The number of rotatable bonds is 8. The van der Waals surface area contributed by atoms with Crippen molar-refractivity contribution in [1.29, 1.82) is 0 Å². The molecule has 0 aliphatic carbocycles. The van der Waals surface area contributed by atoms with E-state index >= 15 is 0 Å². The van der Waals surface area contributed by atoms with Crippen molar-refractivity contribution in [3.63, 3.8) is 0 Å². The molecular formula is C35H35ClN4O5S. The predicted octanol–water partition coefficient (Wildman–Crippen LogP) is 5.37. The Bertz CT molecular complexity index is 1930. The van der Waals surface area contributed by atoms with Crippen molar-refractivity contribution < 1.29 is 22.8 Å². The number of hydrogen-bond acceptors (Lipinski definition) is 5. The number of amides is 3. The Morgan fingerprint density at radius 1 is 0.957 bits per heavy atom. The van der Waals surface area contributed by atoms with Crippen LogP contribution in [0.25, 0.3) is 10.8 Å². The molecule has 0 bridgehead atoms. The highest BCUT2D eigenvalue weighted by Gasteiger charge is 2.43. The molecule has 238 valence electrons. The predicted molar refractivity (Wildman–Crippen MR) is 179 cm³/mol. The lowest BCUT2D eigenvalue weighted by molar-refractivity contribution is -0.135. The number of nitrogens with one attached hydrogen (secondary N) is 2. The molecule has 3 amide bonds. The van der Waals surface area contributed by atoms with Gasteiger partial charge in [0.1, 0.15) is 12.1 Å². The van der Waals surface area contributed by atoms with Gasteiger partial charge >= 0.3 is 0 Å². The van der Waals surface area contributed by atoms with Gasteiger partial charge in [0.15, 0.2) is 0 Å². The first-order valence-corrected chi connectivity index (χ1v) is 17.1. The van der Waals surface area contributed by atoms with Gasteiger partial charge in [0.05, 0.1) is 22.7 Å². The van der Waals surface area contributed by atoms with Crippen LogP contribution in [0.3, 0.4) is 0 Å². The molecule has 0 spiro atoms. The highest BCUT2D eigenvalue weighted by molar-refractivity contribution is 7.93. The summed E-state index contributed by atoms with van der Waals surface area (Å²) in [7, 11) is -4.35. The first-order chi connectivity index (χ1) is 22.0. The largest absolute Gasteiger partial charge is 0.344 e. The molecule has 1 saturated heterocycles. The minimum atomic E-state index is -4.35. The number of para-hydroxylation sites is 2. The zero-order valence-corrected chi connectivity index (χ0v) is 27.2. The Kier molecular flexibility index (Phi) is 8.76. The van der Waals surface area contributed by atoms with Crippen LogP contribution >= 0.6 is 11.6 Å². The van der Waals surface area contributed by atoms with Gasteiger partial charge < -0.3 is 15.5 Å². The number of carbonyl (C=O) groups excluding carboxylic acids is 3. The van der Waals surface area contributed by atoms with Gasteiger partial charge in [-0.1, -0.05) is 66.2 Å². The number of nitrogens with zero attached hydrogens (tertiary/aromatic N) is 2. The van der Waals surface area contributed by atoms with Crippen LogP contribution in [0.2, 0.25) is 5.02 Å². The maximum atomic E-state index is 14.4. The van der Waals surface area contributed by atoms with Crippen LogP contribution in [0.5, 0.6) is 0 Å². The molecule has 2 N–H and O–H groups in total. The van der Waals surface area contributed by atoms with Gasteiger partial charge in [0, 0.05) is 24.5 Å². The minimum Gasteiger partial charge on any atom is -0.344 e. The van der Waals surface area contributed by atoms with Crippen molar-refractivity contribution >= 4 is 61.5 Å². The van der Waals surface area contributed by atoms with Crippen molar-refractivity contribution in [2.45, 2.75) is 56.5 Å². The molecule has 4 aromatic carbocycles. The van der Waals surface area contributed by atoms with Crippen molar-refractivity contribution in [2.75, 3.05) is 22.7 Å². The third-order valence-electron chi connectivity index (χ3n) is 8.66. The lowest BCUT2D eigenvalue weighted by Gasteiger charge is -2.37. The van der Waals surface area contributed by atoms with Crippen LogP contribution in [0.15, 0.2) is 83.8 Å². The fraction of sp³-hybridized carbons (Fsp3) is 0.286. The molecule has 2 aliphatic rings. The molecule has 2 atom stereocenters. The summed E-state index contributed by atoms with van der Waals surface area (Å²) >= 11 is 6.21. The molecule has 4 aromatic rings. The molecule has 2 aliphatic heterocycles. The first-order valence-electron chi connectivity index (χ1n) is 15.3. The van der Waals surface area contributed by atoms with E-state index in [1.807, 2.05) is 42.5 Å². The van der Waals surface area contributed by atoms with E-state index in [9.17, 15) is 22.8 Å². The van der Waals surface area contributed by atoms with Crippen LogP contribution in [0, 0.1) is 13.8 Å². The molecule has 0 radical (unpaired) electrons. The average Bonchev–Trinajstić information content (AvgIpc) is 3.55. The molecule has 9 nitrogen and oxygen atoms in total. The van der Waals surface area contributed by atoms with Crippen molar-refractivity contribution in [3.8, 4) is 0 Å². The summed E-state index contributed by atoms with van der Waals surface area (Å²) in [6.07, 6.45) is 1.52. The normalized spacial score (nSPS) is 17.0. The van der Waals surface area contributed by atoms with Crippen molar-refractivity contribution in [1.82, 2.24) is 10.2 Å². The summed E-state index contributed by atoms with van der Waals surface area (Å²) in [6, 6.07) is 21.1. The van der Waals surface area contributed by atoms with Gasteiger partial charge in [-0.2, -0.15) is 0 Å². The molecular weight excluding hydrogens is 624 g/mol. The van der Waals surface area contributed by atoms with Gasteiger partial charge in [-0.25, -0.2) is 8.42 Å². The Morgan fingerprint density at radius 2 is 1.61 bits per heavy atom. The van der Waals surface area contributed by atoms with E-state index in [2.05, 4.69) is 10.6 Å². The van der Waals surface area contributed by atoms with Gasteiger partial charge in [-0.3, -0.25) is 18.7 Å². The summed E-state index contributed by atoms with van der Waals surface area (Å²) < 4.78 is 29.9. The van der Waals surface area contributed by atoms with Crippen molar-refractivity contribution in [2.24, 2.45) is 0 Å². The number of aryl methyl sites for hydroxylation is 2. The Balaban J connectivity index is 1.34. The van der Waals surface area contributed by atoms with Gasteiger partial charge in [0.25, 0.3) is 10.0 Å². The average molecular weight is 659 g/mol. The summed E-state index contributed by atoms with van der Waals surface area (Å²) in [5.41, 5.74) is 2.30. The van der Waals surface area contributed by atoms with Crippen LogP contribution in [-0.2, 0) is 30.8 Å². The van der Waals surface area contributed by atoms with Gasteiger partial charge in [0.2, 0.25) is 17.7 Å². The zero-order chi connectivity index (χ0) is 32.6. The standard InChI is InChI=1S/C35H35ClN4O5S/c1-22-18-26(36)19-23(2)33(22)46(44,45)40-30-15-6-5-14-28(30)38-34(42)31(40)21-32(41)37-29(35(43)39-16-7-8-17-39)20-25-12-9-11-24-10-3-4-13-27(24)25/h3-6,9-15,18-19,29,31H,7-8,16-17,20-21H2,1-2H3,(H,37,41)(H,38,42). The second-order valence-electron chi connectivity index (χ2n) is 11.9.